The Labute approximate surface area is 58.3 Å². The number of aromatic amines is 1. The van der Waals surface area contributed by atoms with E-state index in [-0.39, 0.29) is 6.61 Å². The Hall–Kier alpha value is -0.410. The lowest BCUT2D eigenvalue weighted by Gasteiger charge is -1.87. The molecule has 0 aromatic carbocycles. The number of aliphatic hydroxyl groups is 1. The highest BCUT2D eigenvalue weighted by molar-refractivity contribution is 7.98. The summed E-state index contributed by atoms with van der Waals surface area (Å²) in [4.78, 5) is 3.03. The van der Waals surface area contributed by atoms with Crippen molar-refractivity contribution in [3.05, 3.63) is 17.8 Å². The van der Waals surface area contributed by atoms with Gasteiger partial charge in [-0.1, -0.05) is 0 Å². The van der Waals surface area contributed by atoms with Crippen LogP contribution in [0.5, 0.6) is 0 Å². The zero-order valence-corrected chi connectivity index (χ0v) is 6.03. The van der Waals surface area contributed by atoms with E-state index in [1.54, 1.807) is 11.8 Å². The molecule has 2 nitrogen and oxygen atoms in total. The van der Waals surface area contributed by atoms with Crippen molar-refractivity contribution in [2.45, 2.75) is 11.6 Å². The lowest BCUT2D eigenvalue weighted by Crippen LogP contribution is -1.79. The standard InChI is InChI=1S/C6H9NOS/c1-9-6-3-2-5(4-8)7-6/h2-3,7-8H,4H2,1H3. The number of thioether (sulfide) groups is 1. The molecule has 0 radical (unpaired) electrons. The predicted molar refractivity (Wildman–Crippen MR) is 38.5 cm³/mol. The monoisotopic (exact) mass is 143 g/mol. The SMILES string of the molecule is CSc1ccc(CO)[nH]1. The fourth-order valence-corrected chi connectivity index (χ4v) is 1.07. The van der Waals surface area contributed by atoms with Gasteiger partial charge in [0.1, 0.15) is 0 Å². The first-order chi connectivity index (χ1) is 4.36. The fraction of sp³-hybridized carbons (Fsp3) is 0.333. The predicted octanol–water partition coefficient (Wildman–Crippen LogP) is 1.23. The smallest absolute Gasteiger partial charge is 0.0831 e. The van der Waals surface area contributed by atoms with E-state index in [2.05, 4.69) is 4.98 Å². The van der Waals surface area contributed by atoms with Gasteiger partial charge in [0.15, 0.2) is 0 Å². The molecule has 3 heteroatoms. The van der Waals surface area contributed by atoms with Crippen molar-refractivity contribution in [1.82, 2.24) is 4.98 Å². The van der Waals surface area contributed by atoms with Crippen LogP contribution >= 0.6 is 11.8 Å². The van der Waals surface area contributed by atoms with Crippen molar-refractivity contribution in [2.24, 2.45) is 0 Å². The summed E-state index contributed by atoms with van der Waals surface area (Å²) < 4.78 is 0. The summed E-state index contributed by atoms with van der Waals surface area (Å²) in [6, 6.07) is 3.84. The number of nitrogens with one attached hydrogen (secondary N) is 1. The Morgan fingerprint density at radius 3 is 2.78 bits per heavy atom. The van der Waals surface area contributed by atoms with Crippen LogP contribution in [0.3, 0.4) is 0 Å². The number of aliphatic hydroxyl groups excluding tert-OH is 1. The molecule has 0 spiro atoms. The molecule has 0 atom stereocenters. The van der Waals surface area contributed by atoms with Gasteiger partial charge in [-0.05, 0) is 18.4 Å². The molecule has 0 fully saturated rings. The van der Waals surface area contributed by atoms with E-state index in [4.69, 9.17) is 5.11 Å². The summed E-state index contributed by atoms with van der Waals surface area (Å²) in [5.74, 6) is 0. The summed E-state index contributed by atoms with van der Waals surface area (Å²) in [6.07, 6.45) is 1.99. The van der Waals surface area contributed by atoms with E-state index in [0.29, 0.717) is 0 Å². The lowest BCUT2D eigenvalue weighted by atomic mass is 10.5. The van der Waals surface area contributed by atoms with Crippen LogP contribution in [-0.4, -0.2) is 16.3 Å². The Bertz CT molecular complexity index is 166. The van der Waals surface area contributed by atoms with Gasteiger partial charge in [-0.3, -0.25) is 0 Å². The molecule has 0 saturated carbocycles. The lowest BCUT2D eigenvalue weighted by molar-refractivity contribution is 0.277. The van der Waals surface area contributed by atoms with Gasteiger partial charge >= 0.3 is 0 Å². The third-order valence-corrected chi connectivity index (χ3v) is 1.79. The summed E-state index contributed by atoms with van der Waals surface area (Å²) in [5.41, 5.74) is 0.874. The molecule has 1 rings (SSSR count). The summed E-state index contributed by atoms with van der Waals surface area (Å²) in [5, 5.41) is 9.70. The first kappa shape index (κ1) is 6.71. The van der Waals surface area contributed by atoms with E-state index in [0.717, 1.165) is 10.7 Å². The normalized spacial score (nSPS) is 10.0. The first-order valence-electron chi connectivity index (χ1n) is 2.69. The quantitative estimate of drug-likeness (QED) is 0.611. The van der Waals surface area contributed by atoms with Crippen LogP contribution in [0.1, 0.15) is 5.69 Å². The highest BCUT2D eigenvalue weighted by atomic mass is 32.2. The van der Waals surface area contributed by atoms with Crippen molar-refractivity contribution in [3.8, 4) is 0 Å². The molecular weight excluding hydrogens is 134 g/mol. The van der Waals surface area contributed by atoms with E-state index < -0.39 is 0 Å². The van der Waals surface area contributed by atoms with E-state index >= 15 is 0 Å². The Balaban J connectivity index is 2.74. The van der Waals surface area contributed by atoms with Gasteiger partial charge in [-0.15, -0.1) is 11.8 Å². The van der Waals surface area contributed by atoms with Crippen LogP contribution in [0.2, 0.25) is 0 Å². The number of hydrogen-bond donors (Lipinski definition) is 2. The second kappa shape index (κ2) is 2.94. The van der Waals surface area contributed by atoms with E-state index in [9.17, 15) is 0 Å². The molecule has 9 heavy (non-hydrogen) atoms. The maximum atomic E-state index is 8.61. The molecule has 1 heterocycles. The maximum Gasteiger partial charge on any atom is 0.0831 e. The second-order valence-electron chi connectivity index (χ2n) is 1.71. The molecule has 0 bridgehead atoms. The molecule has 0 aliphatic rings. The average Bonchev–Trinajstić information content (AvgIpc) is 2.34. The molecule has 0 aliphatic heterocycles. The van der Waals surface area contributed by atoms with Crippen molar-refractivity contribution in [2.75, 3.05) is 6.26 Å². The van der Waals surface area contributed by atoms with Crippen LogP contribution in [0.15, 0.2) is 17.2 Å². The summed E-state index contributed by atoms with van der Waals surface area (Å²) in [6.45, 7) is 0.0978. The Kier molecular flexibility index (Phi) is 2.19. The number of hydrogen-bond acceptors (Lipinski definition) is 2. The molecular formula is C6H9NOS. The molecule has 0 unspecified atom stereocenters. The zero-order valence-electron chi connectivity index (χ0n) is 5.22. The molecule has 0 saturated heterocycles. The van der Waals surface area contributed by atoms with Crippen LogP contribution in [0, 0.1) is 0 Å². The van der Waals surface area contributed by atoms with Crippen molar-refractivity contribution in [1.29, 1.82) is 0 Å². The third-order valence-electron chi connectivity index (χ3n) is 1.11. The molecule has 2 N–H and O–H groups in total. The largest absolute Gasteiger partial charge is 0.390 e. The van der Waals surface area contributed by atoms with Gasteiger partial charge < -0.3 is 10.1 Å². The number of aromatic nitrogens is 1. The fourth-order valence-electron chi connectivity index (χ4n) is 0.629. The number of H-pyrrole nitrogens is 1. The highest BCUT2D eigenvalue weighted by Gasteiger charge is 1.92. The van der Waals surface area contributed by atoms with Crippen molar-refractivity contribution < 1.29 is 5.11 Å². The van der Waals surface area contributed by atoms with Gasteiger partial charge in [0.2, 0.25) is 0 Å². The van der Waals surface area contributed by atoms with Crippen LogP contribution < -0.4 is 0 Å². The topological polar surface area (TPSA) is 36.0 Å². The van der Waals surface area contributed by atoms with Crippen molar-refractivity contribution >= 4 is 11.8 Å². The van der Waals surface area contributed by atoms with Gasteiger partial charge in [-0.25, -0.2) is 0 Å². The van der Waals surface area contributed by atoms with Crippen LogP contribution in [-0.2, 0) is 6.61 Å². The summed E-state index contributed by atoms with van der Waals surface area (Å²) >= 11 is 1.64. The average molecular weight is 143 g/mol. The molecule has 0 aliphatic carbocycles. The van der Waals surface area contributed by atoms with Gasteiger partial charge in [0.25, 0.3) is 0 Å². The summed E-state index contributed by atoms with van der Waals surface area (Å²) in [7, 11) is 0. The third kappa shape index (κ3) is 1.50. The molecule has 1 aromatic heterocycles. The van der Waals surface area contributed by atoms with E-state index in [1.165, 1.54) is 0 Å². The Morgan fingerprint density at radius 1 is 1.67 bits per heavy atom. The maximum absolute atomic E-state index is 8.61. The molecule has 1 aromatic rings. The minimum Gasteiger partial charge on any atom is -0.390 e. The minimum atomic E-state index is 0.0978. The minimum absolute atomic E-state index is 0.0978. The van der Waals surface area contributed by atoms with Crippen LogP contribution in [0.4, 0.5) is 0 Å². The Morgan fingerprint density at radius 2 is 2.44 bits per heavy atom. The second-order valence-corrected chi connectivity index (χ2v) is 2.56. The first-order valence-corrected chi connectivity index (χ1v) is 3.92. The van der Waals surface area contributed by atoms with Gasteiger partial charge in [0, 0.05) is 5.69 Å². The highest BCUT2D eigenvalue weighted by Crippen LogP contribution is 2.12. The van der Waals surface area contributed by atoms with Gasteiger partial charge in [0.05, 0.1) is 11.6 Å². The molecule has 50 valence electrons. The van der Waals surface area contributed by atoms with Gasteiger partial charge in [-0.2, -0.15) is 0 Å². The van der Waals surface area contributed by atoms with Crippen LogP contribution in [0.25, 0.3) is 0 Å². The number of rotatable bonds is 2. The van der Waals surface area contributed by atoms with E-state index in [1.807, 2.05) is 18.4 Å². The zero-order chi connectivity index (χ0) is 6.69. The molecule has 0 amide bonds. The van der Waals surface area contributed by atoms with Crippen molar-refractivity contribution in [3.63, 3.8) is 0 Å².